The first-order valence-electron chi connectivity index (χ1n) is 12.0. The molecule has 1 aliphatic heterocycles. The Hall–Kier alpha value is -3.59. The third-order valence-corrected chi connectivity index (χ3v) is 6.51. The molecular formula is C26H29N3O6. The van der Waals surface area contributed by atoms with Gasteiger partial charge in [0.1, 0.15) is 29.8 Å². The monoisotopic (exact) mass is 479 g/mol. The number of nitrogens with one attached hydrogen (secondary N) is 2. The number of benzene rings is 1. The molecule has 35 heavy (non-hydrogen) atoms. The first-order valence-corrected chi connectivity index (χ1v) is 12.0. The second kappa shape index (κ2) is 9.95. The molecule has 0 bridgehead atoms. The number of hydrogen-bond acceptors (Lipinski definition) is 7. The van der Waals surface area contributed by atoms with Gasteiger partial charge in [-0.25, -0.2) is 9.78 Å². The molecule has 0 radical (unpaired) electrons. The fourth-order valence-electron chi connectivity index (χ4n) is 4.78. The number of ether oxygens (including phenoxy) is 3. The van der Waals surface area contributed by atoms with Gasteiger partial charge in [0.2, 0.25) is 11.4 Å². The predicted octanol–water partition coefficient (Wildman–Crippen LogP) is 3.44. The van der Waals surface area contributed by atoms with E-state index in [1.165, 1.54) is 6.07 Å². The SMILES string of the molecule is Cc1cc(OC[C@H]2C[C@H](Oc3cc4[nH]c(=O)ccc4cn3)CN2)c(C(=O)O)c(OC2CCCC2)c1. The Kier molecular flexibility index (Phi) is 6.59. The van der Waals surface area contributed by atoms with Crippen molar-refractivity contribution in [1.29, 1.82) is 0 Å². The van der Waals surface area contributed by atoms with Gasteiger partial charge in [-0.15, -0.1) is 0 Å². The highest BCUT2D eigenvalue weighted by atomic mass is 16.5. The Labute approximate surface area is 202 Å². The highest BCUT2D eigenvalue weighted by molar-refractivity contribution is 5.94. The van der Waals surface area contributed by atoms with Crippen molar-refractivity contribution in [3.8, 4) is 17.4 Å². The molecule has 0 amide bonds. The number of aryl methyl sites for hydroxylation is 1. The van der Waals surface area contributed by atoms with Gasteiger partial charge in [-0.3, -0.25) is 4.79 Å². The van der Waals surface area contributed by atoms with Crippen LogP contribution in [0.25, 0.3) is 10.9 Å². The number of aromatic amines is 1. The van der Waals surface area contributed by atoms with Gasteiger partial charge < -0.3 is 29.6 Å². The minimum absolute atomic E-state index is 0.0124. The summed E-state index contributed by atoms with van der Waals surface area (Å²) in [5, 5.41) is 14.1. The van der Waals surface area contributed by atoms with E-state index in [0.717, 1.165) is 36.6 Å². The van der Waals surface area contributed by atoms with Crippen LogP contribution in [-0.4, -0.2) is 52.4 Å². The fraction of sp³-hybridized carbons (Fsp3) is 0.423. The van der Waals surface area contributed by atoms with Crippen LogP contribution >= 0.6 is 0 Å². The highest BCUT2D eigenvalue weighted by Gasteiger charge is 2.28. The summed E-state index contributed by atoms with van der Waals surface area (Å²) in [7, 11) is 0. The second-order valence-electron chi connectivity index (χ2n) is 9.29. The number of rotatable bonds is 8. The third-order valence-electron chi connectivity index (χ3n) is 6.51. The summed E-state index contributed by atoms with van der Waals surface area (Å²) in [4.78, 5) is 30.8. The molecule has 5 rings (SSSR count). The lowest BCUT2D eigenvalue weighted by Crippen LogP contribution is -2.28. The molecule has 0 spiro atoms. The van der Waals surface area contributed by atoms with Crippen molar-refractivity contribution in [3.05, 3.63) is 58.0 Å². The zero-order valence-electron chi connectivity index (χ0n) is 19.6. The number of nitrogens with zero attached hydrogens (tertiary/aromatic N) is 1. The fourth-order valence-corrected chi connectivity index (χ4v) is 4.78. The van der Waals surface area contributed by atoms with Gasteiger partial charge in [0, 0.05) is 42.7 Å². The average molecular weight is 480 g/mol. The van der Waals surface area contributed by atoms with Crippen molar-refractivity contribution in [2.75, 3.05) is 13.2 Å². The number of hydrogen-bond donors (Lipinski definition) is 3. The molecule has 1 aromatic carbocycles. The van der Waals surface area contributed by atoms with Crippen LogP contribution in [0.2, 0.25) is 0 Å². The molecular weight excluding hydrogens is 450 g/mol. The summed E-state index contributed by atoms with van der Waals surface area (Å²) in [5.74, 6) is 0.0690. The van der Waals surface area contributed by atoms with Gasteiger partial charge in [-0.05, 0) is 56.4 Å². The molecule has 2 aliphatic rings. The van der Waals surface area contributed by atoms with Crippen molar-refractivity contribution in [1.82, 2.24) is 15.3 Å². The van der Waals surface area contributed by atoms with Crippen LogP contribution in [0.5, 0.6) is 17.4 Å². The van der Waals surface area contributed by atoms with E-state index in [2.05, 4.69) is 15.3 Å². The van der Waals surface area contributed by atoms with E-state index in [-0.39, 0.29) is 29.4 Å². The van der Waals surface area contributed by atoms with Crippen LogP contribution in [0.3, 0.4) is 0 Å². The van der Waals surface area contributed by atoms with Gasteiger partial charge in [0.25, 0.3) is 0 Å². The first kappa shape index (κ1) is 23.2. The molecule has 2 atom stereocenters. The van der Waals surface area contributed by atoms with Gasteiger partial charge in [-0.2, -0.15) is 0 Å². The topological polar surface area (TPSA) is 123 Å². The Morgan fingerprint density at radius 1 is 1.11 bits per heavy atom. The summed E-state index contributed by atoms with van der Waals surface area (Å²) in [6.07, 6.45) is 6.36. The second-order valence-corrected chi connectivity index (χ2v) is 9.29. The molecule has 1 saturated carbocycles. The Bertz CT molecular complexity index is 1280. The van der Waals surface area contributed by atoms with Crippen molar-refractivity contribution in [2.45, 2.75) is 57.3 Å². The number of pyridine rings is 2. The van der Waals surface area contributed by atoms with Gasteiger partial charge in [-0.1, -0.05) is 0 Å². The zero-order valence-corrected chi connectivity index (χ0v) is 19.6. The van der Waals surface area contributed by atoms with Crippen LogP contribution in [0.15, 0.2) is 41.3 Å². The number of carboxylic acids is 1. The quantitative estimate of drug-likeness (QED) is 0.449. The summed E-state index contributed by atoms with van der Waals surface area (Å²) in [5.41, 5.74) is 1.45. The molecule has 1 saturated heterocycles. The van der Waals surface area contributed by atoms with E-state index in [4.69, 9.17) is 14.2 Å². The Morgan fingerprint density at radius 2 is 1.91 bits per heavy atom. The molecule has 2 aromatic heterocycles. The van der Waals surface area contributed by atoms with Gasteiger partial charge in [0.05, 0.1) is 11.6 Å². The number of aromatic carboxylic acids is 1. The smallest absolute Gasteiger partial charge is 0.343 e. The standard InChI is InChI=1S/C26H29N3O6/c1-15-8-21(25(26(31)32)22(9-15)34-18-4-2-3-5-18)33-14-17-10-19(13-27-17)35-24-11-20-16(12-28-24)6-7-23(30)29-20/h6-9,11-12,17-19,27H,2-5,10,13-14H2,1H3,(H,29,30)(H,31,32)/t17-,19+/m1/s1. The molecule has 184 valence electrons. The van der Waals surface area contributed by atoms with Crippen molar-refractivity contribution in [2.24, 2.45) is 0 Å². The van der Waals surface area contributed by atoms with Crippen LogP contribution < -0.4 is 25.1 Å². The number of carboxylic acid groups (broad SMARTS) is 1. The average Bonchev–Trinajstić information content (AvgIpc) is 3.49. The normalized spacial score (nSPS) is 20.3. The van der Waals surface area contributed by atoms with Gasteiger partial charge >= 0.3 is 5.97 Å². The maximum absolute atomic E-state index is 12.1. The molecule has 9 nitrogen and oxygen atoms in total. The Balaban J connectivity index is 1.23. The number of H-pyrrole nitrogens is 1. The molecule has 9 heteroatoms. The van der Waals surface area contributed by atoms with Crippen LogP contribution in [0.1, 0.15) is 48.0 Å². The van der Waals surface area contributed by atoms with E-state index in [0.29, 0.717) is 42.5 Å². The number of aromatic nitrogens is 2. The number of carbonyl (C=O) groups is 1. The molecule has 2 fully saturated rings. The minimum Gasteiger partial charge on any atom is -0.491 e. The molecule has 3 heterocycles. The summed E-state index contributed by atoms with van der Waals surface area (Å²) < 4.78 is 18.1. The lowest BCUT2D eigenvalue weighted by atomic mass is 10.1. The molecule has 0 unspecified atom stereocenters. The lowest BCUT2D eigenvalue weighted by molar-refractivity contribution is 0.0683. The van der Waals surface area contributed by atoms with E-state index >= 15 is 0 Å². The minimum atomic E-state index is -1.06. The van der Waals surface area contributed by atoms with E-state index in [1.54, 1.807) is 30.5 Å². The van der Waals surface area contributed by atoms with Crippen molar-refractivity contribution < 1.29 is 24.1 Å². The number of fused-ring (bicyclic) bond motifs is 1. The highest BCUT2D eigenvalue weighted by Crippen LogP contribution is 2.34. The van der Waals surface area contributed by atoms with Gasteiger partial charge in [0.15, 0.2) is 0 Å². The van der Waals surface area contributed by atoms with Crippen LogP contribution in [0, 0.1) is 6.92 Å². The zero-order chi connectivity index (χ0) is 24.4. The first-order chi connectivity index (χ1) is 16.9. The summed E-state index contributed by atoms with van der Waals surface area (Å²) in [6.45, 7) is 2.81. The van der Waals surface area contributed by atoms with Crippen LogP contribution in [0.4, 0.5) is 0 Å². The van der Waals surface area contributed by atoms with Crippen LogP contribution in [-0.2, 0) is 0 Å². The summed E-state index contributed by atoms with van der Waals surface area (Å²) >= 11 is 0. The van der Waals surface area contributed by atoms with Crippen molar-refractivity contribution >= 4 is 16.9 Å². The molecule has 1 aliphatic carbocycles. The van der Waals surface area contributed by atoms with E-state index < -0.39 is 5.97 Å². The maximum Gasteiger partial charge on any atom is 0.343 e. The van der Waals surface area contributed by atoms with E-state index in [1.807, 2.05) is 6.92 Å². The lowest BCUT2D eigenvalue weighted by Gasteiger charge is -2.19. The Morgan fingerprint density at radius 3 is 2.71 bits per heavy atom. The molecule has 3 N–H and O–H groups in total. The maximum atomic E-state index is 12.1. The largest absolute Gasteiger partial charge is 0.491 e. The van der Waals surface area contributed by atoms with Crippen molar-refractivity contribution in [3.63, 3.8) is 0 Å². The third kappa shape index (κ3) is 5.40. The molecule has 3 aromatic rings. The van der Waals surface area contributed by atoms with E-state index in [9.17, 15) is 14.7 Å². The predicted molar refractivity (Wildman–Crippen MR) is 130 cm³/mol. The summed E-state index contributed by atoms with van der Waals surface area (Å²) in [6, 6.07) is 8.41.